The Balaban J connectivity index is 2.64. The number of nitrogens with zero attached hydrogens (tertiary/aromatic N) is 1. The van der Waals surface area contributed by atoms with Crippen LogP contribution in [0.1, 0.15) is 26.7 Å². The van der Waals surface area contributed by atoms with E-state index in [0.29, 0.717) is 19.5 Å². The monoisotopic (exact) mass is 326 g/mol. The first kappa shape index (κ1) is 15.7. The summed E-state index contributed by atoms with van der Waals surface area (Å²) in [7, 11) is 0. The van der Waals surface area contributed by atoms with E-state index in [-0.39, 0.29) is 11.8 Å². The molecule has 1 rings (SSSR count). The van der Waals surface area contributed by atoms with Crippen molar-refractivity contribution in [3.8, 4) is 0 Å². The van der Waals surface area contributed by atoms with Crippen molar-refractivity contribution >= 4 is 33.4 Å². The molecule has 0 aliphatic carbocycles. The molecule has 0 fully saturated rings. The molecular formula is C14H19BrN2O2. The topological polar surface area (TPSA) is 49.4 Å². The number of hydrogen-bond donors (Lipinski definition) is 1. The molecule has 0 bridgehead atoms. The third-order valence-corrected chi connectivity index (χ3v) is 3.13. The summed E-state index contributed by atoms with van der Waals surface area (Å²) < 4.78 is 0.909. The van der Waals surface area contributed by atoms with Gasteiger partial charge in [-0.3, -0.25) is 9.59 Å². The van der Waals surface area contributed by atoms with Crippen molar-refractivity contribution in [2.75, 3.05) is 18.0 Å². The fourth-order valence-corrected chi connectivity index (χ4v) is 2.07. The summed E-state index contributed by atoms with van der Waals surface area (Å²) in [5.74, 6) is -0.0931. The molecule has 0 unspecified atom stereocenters. The molecule has 2 amide bonds. The summed E-state index contributed by atoms with van der Waals surface area (Å²) >= 11 is 3.38. The summed E-state index contributed by atoms with van der Waals surface area (Å²) in [6, 6.07) is 7.49. The number of carbonyl (C=O) groups excluding carboxylic acids is 2. The fourth-order valence-electron chi connectivity index (χ4n) is 1.68. The van der Waals surface area contributed by atoms with Crippen LogP contribution in [0.25, 0.3) is 0 Å². The van der Waals surface area contributed by atoms with Crippen molar-refractivity contribution < 1.29 is 9.59 Å². The van der Waals surface area contributed by atoms with Gasteiger partial charge in [0.25, 0.3) is 0 Å². The lowest BCUT2D eigenvalue weighted by Crippen LogP contribution is -2.34. The van der Waals surface area contributed by atoms with E-state index in [9.17, 15) is 9.59 Å². The first-order valence-corrected chi connectivity index (χ1v) is 7.14. The minimum atomic E-state index is -0.0682. The summed E-state index contributed by atoms with van der Waals surface area (Å²) in [6.07, 6.45) is 1.22. The molecule has 0 heterocycles. The Morgan fingerprint density at radius 2 is 2.11 bits per heavy atom. The molecule has 5 heteroatoms. The first-order chi connectivity index (χ1) is 9.04. The normalized spacial score (nSPS) is 10.1. The number of amides is 2. The predicted octanol–water partition coefficient (Wildman–Crippen LogP) is 2.72. The van der Waals surface area contributed by atoms with Gasteiger partial charge >= 0.3 is 0 Å². The number of anilines is 1. The van der Waals surface area contributed by atoms with Crippen LogP contribution in [0.15, 0.2) is 28.7 Å². The van der Waals surface area contributed by atoms with Crippen LogP contribution in [-0.4, -0.2) is 24.9 Å². The van der Waals surface area contributed by atoms with Gasteiger partial charge in [-0.2, -0.15) is 0 Å². The Morgan fingerprint density at radius 3 is 2.68 bits per heavy atom. The van der Waals surface area contributed by atoms with Gasteiger partial charge in [-0.05, 0) is 24.6 Å². The number of hydrogen-bond acceptors (Lipinski definition) is 2. The lowest BCUT2D eigenvalue weighted by atomic mass is 10.2. The highest BCUT2D eigenvalue weighted by Gasteiger charge is 2.13. The van der Waals surface area contributed by atoms with Crippen LogP contribution in [0.2, 0.25) is 0 Å². The molecule has 4 nitrogen and oxygen atoms in total. The quantitative estimate of drug-likeness (QED) is 0.873. The molecule has 0 atom stereocenters. The largest absolute Gasteiger partial charge is 0.356 e. The van der Waals surface area contributed by atoms with E-state index < -0.39 is 0 Å². The van der Waals surface area contributed by atoms with E-state index in [1.165, 1.54) is 6.92 Å². The number of halogens is 1. The Bertz CT molecular complexity index is 449. The minimum Gasteiger partial charge on any atom is -0.356 e. The van der Waals surface area contributed by atoms with E-state index >= 15 is 0 Å². The zero-order valence-electron chi connectivity index (χ0n) is 11.3. The highest BCUT2D eigenvalue weighted by Crippen LogP contribution is 2.20. The molecule has 0 spiro atoms. The van der Waals surface area contributed by atoms with Gasteiger partial charge in [0, 0.05) is 36.6 Å². The molecule has 0 radical (unpaired) electrons. The van der Waals surface area contributed by atoms with Crippen LogP contribution >= 0.6 is 15.9 Å². The van der Waals surface area contributed by atoms with Crippen molar-refractivity contribution in [2.45, 2.75) is 26.7 Å². The smallest absolute Gasteiger partial charge is 0.223 e. The molecule has 0 saturated carbocycles. The Kier molecular flexibility index (Phi) is 6.56. The van der Waals surface area contributed by atoms with Crippen molar-refractivity contribution in [1.29, 1.82) is 0 Å². The second-order valence-electron chi connectivity index (χ2n) is 4.25. The van der Waals surface area contributed by atoms with Gasteiger partial charge < -0.3 is 10.2 Å². The Labute approximate surface area is 122 Å². The standard InChI is InChI=1S/C14H19BrN2O2/c1-3-8-16-14(19)7-9-17(11(2)18)13-6-4-5-12(15)10-13/h4-6,10H,3,7-9H2,1-2H3,(H,16,19). The van der Waals surface area contributed by atoms with Crippen LogP contribution in [0.3, 0.4) is 0 Å². The average molecular weight is 327 g/mol. The minimum absolute atomic E-state index is 0.0249. The van der Waals surface area contributed by atoms with E-state index in [1.54, 1.807) is 4.90 Å². The summed E-state index contributed by atoms with van der Waals surface area (Å²) in [5.41, 5.74) is 0.796. The lowest BCUT2D eigenvalue weighted by Gasteiger charge is -2.21. The third-order valence-electron chi connectivity index (χ3n) is 2.63. The molecule has 0 aliphatic rings. The predicted molar refractivity (Wildman–Crippen MR) is 80.1 cm³/mol. The number of benzene rings is 1. The molecular weight excluding hydrogens is 308 g/mol. The Hall–Kier alpha value is -1.36. The van der Waals surface area contributed by atoms with Gasteiger partial charge in [0.1, 0.15) is 0 Å². The van der Waals surface area contributed by atoms with E-state index in [2.05, 4.69) is 21.2 Å². The van der Waals surface area contributed by atoms with Crippen molar-refractivity contribution in [2.24, 2.45) is 0 Å². The second kappa shape index (κ2) is 7.94. The highest BCUT2D eigenvalue weighted by molar-refractivity contribution is 9.10. The van der Waals surface area contributed by atoms with Gasteiger partial charge in [-0.15, -0.1) is 0 Å². The molecule has 19 heavy (non-hydrogen) atoms. The number of carbonyl (C=O) groups is 2. The van der Waals surface area contributed by atoms with E-state index in [4.69, 9.17) is 0 Å². The average Bonchev–Trinajstić information content (AvgIpc) is 2.36. The van der Waals surface area contributed by atoms with Crippen LogP contribution in [-0.2, 0) is 9.59 Å². The van der Waals surface area contributed by atoms with Crippen molar-refractivity contribution in [3.63, 3.8) is 0 Å². The number of rotatable bonds is 6. The van der Waals surface area contributed by atoms with Crippen LogP contribution < -0.4 is 10.2 Å². The molecule has 0 aromatic heterocycles. The van der Waals surface area contributed by atoms with Gasteiger partial charge in [-0.1, -0.05) is 28.9 Å². The zero-order chi connectivity index (χ0) is 14.3. The number of nitrogens with one attached hydrogen (secondary N) is 1. The fraction of sp³-hybridized carbons (Fsp3) is 0.429. The molecule has 0 saturated heterocycles. The molecule has 1 aromatic carbocycles. The molecule has 1 aromatic rings. The maximum absolute atomic E-state index is 11.7. The van der Waals surface area contributed by atoms with Crippen LogP contribution in [0.5, 0.6) is 0 Å². The van der Waals surface area contributed by atoms with Gasteiger partial charge in [0.15, 0.2) is 0 Å². The van der Waals surface area contributed by atoms with Crippen LogP contribution in [0.4, 0.5) is 5.69 Å². The van der Waals surface area contributed by atoms with Crippen molar-refractivity contribution in [3.05, 3.63) is 28.7 Å². The van der Waals surface area contributed by atoms with E-state index in [0.717, 1.165) is 16.6 Å². The highest BCUT2D eigenvalue weighted by atomic mass is 79.9. The summed E-state index contributed by atoms with van der Waals surface area (Å²) in [5, 5.41) is 2.80. The maximum atomic E-state index is 11.7. The van der Waals surface area contributed by atoms with Gasteiger partial charge in [0.2, 0.25) is 11.8 Å². The third kappa shape index (κ3) is 5.42. The van der Waals surface area contributed by atoms with Gasteiger partial charge in [0.05, 0.1) is 0 Å². The summed E-state index contributed by atoms with van der Waals surface area (Å²) in [6.45, 7) is 4.58. The maximum Gasteiger partial charge on any atom is 0.223 e. The molecule has 1 N–H and O–H groups in total. The SMILES string of the molecule is CCCNC(=O)CCN(C(C)=O)c1cccc(Br)c1. The Morgan fingerprint density at radius 1 is 1.37 bits per heavy atom. The van der Waals surface area contributed by atoms with E-state index in [1.807, 2.05) is 31.2 Å². The zero-order valence-corrected chi connectivity index (χ0v) is 12.9. The molecule has 0 aliphatic heterocycles. The lowest BCUT2D eigenvalue weighted by molar-refractivity contribution is -0.121. The second-order valence-corrected chi connectivity index (χ2v) is 5.17. The first-order valence-electron chi connectivity index (χ1n) is 6.35. The van der Waals surface area contributed by atoms with Crippen molar-refractivity contribution in [1.82, 2.24) is 5.32 Å². The summed E-state index contributed by atoms with van der Waals surface area (Å²) in [4.78, 5) is 24.8. The molecule has 104 valence electrons. The van der Waals surface area contributed by atoms with Gasteiger partial charge in [-0.25, -0.2) is 0 Å². The van der Waals surface area contributed by atoms with Crippen LogP contribution in [0, 0.1) is 0 Å².